The van der Waals surface area contributed by atoms with Crippen molar-refractivity contribution in [2.45, 2.75) is 20.4 Å². The molecule has 2 aromatic heterocycles. The molecule has 2 heterocycles. The second-order valence-electron chi connectivity index (χ2n) is 6.80. The SMILES string of the molecule is CCN(C(=O)Cn1cnc2scc(-c3ccccc3)c2c1=O)c1ccccc1C. The number of rotatable bonds is 5. The number of para-hydroxylation sites is 1. The van der Waals surface area contributed by atoms with Gasteiger partial charge >= 0.3 is 0 Å². The number of carbonyl (C=O) groups excluding carboxylic acids is 1. The van der Waals surface area contributed by atoms with E-state index < -0.39 is 0 Å². The van der Waals surface area contributed by atoms with Gasteiger partial charge in [0, 0.05) is 23.2 Å². The van der Waals surface area contributed by atoms with E-state index in [2.05, 4.69) is 4.98 Å². The molecule has 0 bridgehead atoms. The number of benzene rings is 2. The molecule has 0 atom stereocenters. The van der Waals surface area contributed by atoms with E-state index in [4.69, 9.17) is 0 Å². The van der Waals surface area contributed by atoms with Gasteiger partial charge < -0.3 is 4.90 Å². The van der Waals surface area contributed by atoms with Gasteiger partial charge in [0.05, 0.1) is 11.7 Å². The Balaban J connectivity index is 1.71. The van der Waals surface area contributed by atoms with Gasteiger partial charge in [-0.15, -0.1) is 11.3 Å². The Morgan fingerprint density at radius 3 is 2.55 bits per heavy atom. The molecule has 146 valence electrons. The van der Waals surface area contributed by atoms with Crippen molar-refractivity contribution in [1.29, 1.82) is 0 Å². The van der Waals surface area contributed by atoms with Crippen molar-refractivity contribution >= 4 is 33.1 Å². The average molecular weight is 404 g/mol. The number of aromatic nitrogens is 2. The van der Waals surface area contributed by atoms with Gasteiger partial charge in [0.2, 0.25) is 5.91 Å². The van der Waals surface area contributed by atoms with E-state index in [1.165, 1.54) is 22.2 Å². The van der Waals surface area contributed by atoms with Crippen molar-refractivity contribution in [3.05, 3.63) is 82.2 Å². The molecule has 0 N–H and O–H groups in total. The number of fused-ring (bicyclic) bond motifs is 1. The fraction of sp³-hybridized carbons (Fsp3) is 0.174. The summed E-state index contributed by atoms with van der Waals surface area (Å²) < 4.78 is 1.41. The van der Waals surface area contributed by atoms with Gasteiger partial charge in [-0.05, 0) is 31.0 Å². The maximum absolute atomic E-state index is 13.2. The molecule has 0 aliphatic rings. The molecule has 1 amide bonds. The van der Waals surface area contributed by atoms with Crippen LogP contribution in [0.25, 0.3) is 21.3 Å². The van der Waals surface area contributed by atoms with Crippen LogP contribution in [0.5, 0.6) is 0 Å². The summed E-state index contributed by atoms with van der Waals surface area (Å²) in [6.45, 7) is 4.39. The number of carbonyl (C=O) groups is 1. The predicted molar refractivity (Wildman–Crippen MR) is 119 cm³/mol. The van der Waals surface area contributed by atoms with Crippen molar-refractivity contribution in [3.63, 3.8) is 0 Å². The first-order valence-electron chi connectivity index (χ1n) is 9.48. The summed E-state index contributed by atoms with van der Waals surface area (Å²) in [6.07, 6.45) is 1.47. The molecule has 0 unspecified atom stereocenters. The van der Waals surface area contributed by atoms with Gasteiger partial charge in [-0.2, -0.15) is 0 Å². The zero-order valence-corrected chi connectivity index (χ0v) is 17.1. The van der Waals surface area contributed by atoms with E-state index in [0.29, 0.717) is 16.8 Å². The summed E-state index contributed by atoms with van der Waals surface area (Å²) in [6, 6.07) is 17.5. The number of hydrogen-bond donors (Lipinski definition) is 0. The molecule has 0 spiro atoms. The zero-order chi connectivity index (χ0) is 20.4. The van der Waals surface area contributed by atoms with Gasteiger partial charge in [-0.1, -0.05) is 48.5 Å². The third-order valence-corrected chi connectivity index (χ3v) is 5.86. The fourth-order valence-corrected chi connectivity index (χ4v) is 4.40. The molecule has 0 radical (unpaired) electrons. The maximum Gasteiger partial charge on any atom is 0.263 e. The first-order valence-corrected chi connectivity index (χ1v) is 10.4. The minimum atomic E-state index is -0.190. The average Bonchev–Trinajstić information content (AvgIpc) is 3.18. The van der Waals surface area contributed by atoms with Gasteiger partial charge in [-0.3, -0.25) is 14.2 Å². The van der Waals surface area contributed by atoms with E-state index in [9.17, 15) is 9.59 Å². The van der Waals surface area contributed by atoms with Crippen LogP contribution in [0.2, 0.25) is 0 Å². The molecule has 0 saturated carbocycles. The Hall–Kier alpha value is -3.25. The Labute approximate surface area is 172 Å². The van der Waals surface area contributed by atoms with Crippen molar-refractivity contribution in [1.82, 2.24) is 9.55 Å². The first kappa shape index (κ1) is 19.1. The van der Waals surface area contributed by atoms with Crippen LogP contribution in [-0.2, 0) is 11.3 Å². The van der Waals surface area contributed by atoms with Crippen LogP contribution in [0.3, 0.4) is 0 Å². The van der Waals surface area contributed by atoms with E-state index in [1.807, 2.05) is 73.8 Å². The monoisotopic (exact) mass is 403 g/mol. The quantitative estimate of drug-likeness (QED) is 0.493. The van der Waals surface area contributed by atoms with E-state index in [1.54, 1.807) is 4.90 Å². The largest absolute Gasteiger partial charge is 0.311 e. The van der Waals surface area contributed by atoms with Crippen LogP contribution in [-0.4, -0.2) is 22.0 Å². The highest BCUT2D eigenvalue weighted by atomic mass is 32.1. The lowest BCUT2D eigenvalue weighted by Crippen LogP contribution is -2.37. The number of likely N-dealkylation sites (N-methyl/N-ethyl adjacent to an activating group) is 1. The minimum absolute atomic E-state index is 0.0476. The Morgan fingerprint density at radius 2 is 1.83 bits per heavy atom. The summed E-state index contributed by atoms with van der Waals surface area (Å²) >= 11 is 1.44. The van der Waals surface area contributed by atoms with Gasteiger partial charge in [0.25, 0.3) is 5.56 Å². The van der Waals surface area contributed by atoms with Gasteiger partial charge in [-0.25, -0.2) is 4.98 Å². The second kappa shape index (κ2) is 8.01. The lowest BCUT2D eigenvalue weighted by molar-refractivity contribution is -0.119. The van der Waals surface area contributed by atoms with Crippen molar-refractivity contribution in [2.24, 2.45) is 0 Å². The number of hydrogen-bond acceptors (Lipinski definition) is 4. The highest BCUT2D eigenvalue weighted by Crippen LogP contribution is 2.30. The molecule has 0 saturated heterocycles. The third-order valence-electron chi connectivity index (χ3n) is 4.97. The molecule has 4 aromatic rings. The summed E-state index contributed by atoms with van der Waals surface area (Å²) in [7, 11) is 0. The Kier molecular flexibility index (Phi) is 5.27. The molecular formula is C23H21N3O2S. The molecule has 0 fully saturated rings. The second-order valence-corrected chi connectivity index (χ2v) is 7.66. The lowest BCUT2D eigenvalue weighted by Gasteiger charge is -2.23. The molecule has 29 heavy (non-hydrogen) atoms. The Bertz CT molecular complexity index is 1230. The van der Waals surface area contributed by atoms with Crippen LogP contribution < -0.4 is 10.5 Å². The Morgan fingerprint density at radius 1 is 1.10 bits per heavy atom. The van der Waals surface area contributed by atoms with Crippen LogP contribution in [0, 0.1) is 6.92 Å². The predicted octanol–water partition coefficient (Wildman–Crippen LogP) is 4.49. The standard InChI is InChI=1S/C23H21N3O2S/c1-3-26(19-12-8-7-9-16(19)2)20(27)13-25-15-24-22-21(23(25)28)18(14-29-22)17-10-5-4-6-11-17/h4-12,14-15H,3,13H2,1-2H3. The summed E-state index contributed by atoms with van der Waals surface area (Å²) in [5, 5.41) is 2.52. The molecule has 6 heteroatoms. The molecule has 4 rings (SSSR count). The number of amides is 1. The number of thiophene rings is 1. The highest BCUT2D eigenvalue weighted by Gasteiger charge is 2.19. The van der Waals surface area contributed by atoms with Gasteiger partial charge in [0.15, 0.2) is 0 Å². The van der Waals surface area contributed by atoms with Crippen molar-refractivity contribution in [3.8, 4) is 11.1 Å². The summed E-state index contributed by atoms with van der Waals surface area (Å²) in [5.74, 6) is -0.137. The molecule has 2 aromatic carbocycles. The van der Waals surface area contributed by atoms with Crippen LogP contribution >= 0.6 is 11.3 Å². The van der Waals surface area contributed by atoms with Crippen LogP contribution in [0.1, 0.15) is 12.5 Å². The minimum Gasteiger partial charge on any atom is -0.311 e. The maximum atomic E-state index is 13.2. The normalized spacial score (nSPS) is 11.0. The molecular weight excluding hydrogens is 382 g/mol. The zero-order valence-electron chi connectivity index (χ0n) is 16.3. The number of anilines is 1. The molecule has 5 nitrogen and oxygen atoms in total. The van der Waals surface area contributed by atoms with E-state index in [-0.39, 0.29) is 18.0 Å². The van der Waals surface area contributed by atoms with Crippen molar-refractivity contribution < 1.29 is 4.79 Å². The number of nitrogens with zero attached hydrogens (tertiary/aromatic N) is 3. The van der Waals surface area contributed by atoms with E-state index >= 15 is 0 Å². The summed E-state index contributed by atoms with van der Waals surface area (Å²) in [4.78, 5) is 33.0. The van der Waals surface area contributed by atoms with Gasteiger partial charge in [0.1, 0.15) is 11.4 Å². The molecule has 0 aliphatic carbocycles. The lowest BCUT2D eigenvalue weighted by atomic mass is 10.1. The fourth-order valence-electron chi connectivity index (χ4n) is 3.49. The van der Waals surface area contributed by atoms with E-state index in [0.717, 1.165) is 22.4 Å². The van der Waals surface area contributed by atoms with Crippen molar-refractivity contribution in [2.75, 3.05) is 11.4 Å². The first-order chi connectivity index (χ1) is 14.1. The molecule has 0 aliphatic heterocycles. The summed E-state index contributed by atoms with van der Waals surface area (Å²) in [5.41, 5.74) is 3.52. The smallest absolute Gasteiger partial charge is 0.263 e. The van der Waals surface area contributed by atoms with Crippen LogP contribution in [0.4, 0.5) is 5.69 Å². The highest BCUT2D eigenvalue weighted by molar-refractivity contribution is 7.17. The number of aryl methyl sites for hydroxylation is 1. The topological polar surface area (TPSA) is 55.2 Å². The van der Waals surface area contributed by atoms with Crippen LogP contribution in [0.15, 0.2) is 71.1 Å². The third kappa shape index (κ3) is 3.59.